The minimum Gasteiger partial charge on any atom is -0.395 e. The predicted molar refractivity (Wildman–Crippen MR) is 88.1 cm³/mol. The quantitative estimate of drug-likeness (QED) is 0.835. The van der Waals surface area contributed by atoms with Crippen molar-refractivity contribution in [1.82, 2.24) is 5.32 Å². The van der Waals surface area contributed by atoms with E-state index in [1.165, 1.54) is 22.7 Å². The van der Waals surface area contributed by atoms with Gasteiger partial charge in [-0.2, -0.15) is 0 Å². The van der Waals surface area contributed by atoms with Crippen molar-refractivity contribution >= 4 is 40.2 Å². The van der Waals surface area contributed by atoms with E-state index in [0.717, 1.165) is 4.88 Å². The molecule has 0 bridgehead atoms. The van der Waals surface area contributed by atoms with Gasteiger partial charge in [0.05, 0.1) is 17.0 Å². The highest BCUT2D eigenvalue weighted by Crippen LogP contribution is 2.27. The van der Waals surface area contributed by atoms with Crippen molar-refractivity contribution in [3.63, 3.8) is 0 Å². The highest BCUT2D eigenvalue weighted by molar-refractivity contribution is 7.16. The lowest BCUT2D eigenvalue weighted by atomic mass is 10.2. The zero-order valence-electron chi connectivity index (χ0n) is 11.4. The Balaban J connectivity index is 2.07. The summed E-state index contributed by atoms with van der Waals surface area (Å²) < 4.78 is 0.706. The molecule has 2 N–H and O–H groups in total. The summed E-state index contributed by atoms with van der Waals surface area (Å²) in [6, 6.07) is 5.45. The van der Waals surface area contributed by atoms with Crippen molar-refractivity contribution in [3.05, 3.63) is 43.2 Å². The SMILES string of the molecule is CC(NC(=O)c1sccc1C#CCCO)c1ccc(Cl)s1. The van der Waals surface area contributed by atoms with Gasteiger partial charge in [-0.05, 0) is 30.5 Å². The summed E-state index contributed by atoms with van der Waals surface area (Å²) in [6.07, 6.45) is 0.404. The first kappa shape index (κ1) is 16.1. The normalized spacial score (nSPS) is 11.6. The zero-order chi connectivity index (χ0) is 15.2. The monoisotopic (exact) mass is 339 g/mol. The average molecular weight is 340 g/mol. The molecule has 1 amide bonds. The van der Waals surface area contributed by atoms with Crippen molar-refractivity contribution in [2.75, 3.05) is 6.61 Å². The molecule has 0 aromatic carbocycles. The standard InChI is InChI=1S/C15H14ClNO2S2/c1-10(12-5-6-13(16)21-12)17-15(19)14-11(7-9-20-14)4-2-3-8-18/h5-7,9-10,18H,3,8H2,1H3,(H,17,19). The van der Waals surface area contributed by atoms with Crippen molar-refractivity contribution in [1.29, 1.82) is 0 Å². The number of hydrogen-bond donors (Lipinski definition) is 2. The van der Waals surface area contributed by atoms with Crippen LogP contribution in [0.5, 0.6) is 0 Å². The highest BCUT2D eigenvalue weighted by Gasteiger charge is 2.16. The van der Waals surface area contributed by atoms with Gasteiger partial charge in [-0.25, -0.2) is 0 Å². The fourth-order valence-corrected chi connectivity index (χ4v) is 3.51. The number of carbonyl (C=O) groups is 1. The van der Waals surface area contributed by atoms with E-state index in [9.17, 15) is 4.79 Å². The van der Waals surface area contributed by atoms with Crippen LogP contribution in [0.1, 0.15) is 39.5 Å². The number of halogens is 1. The Bertz CT molecular complexity index is 681. The molecule has 3 nitrogen and oxygen atoms in total. The summed E-state index contributed by atoms with van der Waals surface area (Å²) in [5, 5.41) is 13.5. The summed E-state index contributed by atoms with van der Waals surface area (Å²) in [5.74, 6) is 5.60. The van der Waals surface area contributed by atoms with Crippen LogP contribution in [-0.2, 0) is 0 Å². The Morgan fingerprint density at radius 2 is 2.29 bits per heavy atom. The maximum atomic E-state index is 12.3. The van der Waals surface area contributed by atoms with Gasteiger partial charge in [0, 0.05) is 16.9 Å². The first-order valence-electron chi connectivity index (χ1n) is 6.35. The third-order valence-electron chi connectivity index (χ3n) is 2.70. The number of rotatable bonds is 4. The summed E-state index contributed by atoms with van der Waals surface area (Å²) in [4.78, 5) is 13.9. The molecular formula is C15H14ClNO2S2. The van der Waals surface area contributed by atoms with E-state index in [4.69, 9.17) is 16.7 Å². The van der Waals surface area contributed by atoms with Crippen molar-refractivity contribution in [2.24, 2.45) is 0 Å². The summed E-state index contributed by atoms with van der Waals surface area (Å²) in [6.45, 7) is 1.94. The molecule has 21 heavy (non-hydrogen) atoms. The van der Waals surface area contributed by atoms with Crippen LogP contribution in [0, 0.1) is 11.8 Å². The minimum absolute atomic E-state index is 0.0227. The second-order valence-corrected chi connectivity index (χ2v) is 6.94. The number of carbonyl (C=O) groups excluding carboxylic acids is 1. The number of aliphatic hydroxyl groups excluding tert-OH is 1. The Labute approximate surface area is 136 Å². The Hall–Kier alpha value is -1.32. The van der Waals surface area contributed by atoms with E-state index in [0.29, 0.717) is 21.2 Å². The molecule has 2 aromatic heterocycles. The zero-order valence-corrected chi connectivity index (χ0v) is 13.7. The second kappa shape index (κ2) is 7.62. The molecule has 2 heterocycles. The van der Waals surface area contributed by atoms with Crippen molar-refractivity contribution in [2.45, 2.75) is 19.4 Å². The van der Waals surface area contributed by atoms with Crippen LogP contribution in [-0.4, -0.2) is 17.6 Å². The summed E-state index contributed by atoms with van der Waals surface area (Å²) in [7, 11) is 0. The van der Waals surface area contributed by atoms with Crippen LogP contribution in [0.25, 0.3) is 0 Å². The molecule has 0 saturated carbocycles. The molecule has 110 valence electrons. The van der Waals surface area contributed by atoms with Crippen LogP contribution in [0.4, 0.5) is 0 Å². The van der Waals surface area contributed by atoms with E-state index in [1.54, 1.807) is 0 Å². The van der Waals surface area contributed by atoms with Crippen LogP contribution >= 0.6 is 34.3 Å². The molecule has 0 saturated heterocycles. The average Bonchev–Trinajstić information content (AvgIpc) is 3.08. The molecule has 2 aromatic rings. The van der Waals surface area contributed by atoms with E-state index < -0.39 is 0 Å². The smallest absolute Gasteiger partial charge is 0.263 e. The lowest BCUT2D eigenvalue weighted by molar-refractivity contribution is 0.0944. The van der Waals surface area contributed by atoms with Gasteiger partial charge in [-0.3, -0.25) is 4.79 Å². The molecule has 0 aliphatic carbocycles. The van der Waals surface area contributed by atoms with Crippen molar-refractivity contribution < 1.29 is 9.90 Å². The molecule has 1 atom stereocenters. The molecule has 2 rings (SSSR count). The first-order chi connectivity index (χ1) is 10.1. The maximum absolute atomic E-state index is 12.3. The van der Waals surface area contributed by atoms with Gasteiger partial charge >= 0.3 is 0 Å². The van der Waals surface area contributed by atoms with E-state index in [2.05, 4.69) is 17.2 Å². The van der Waals surface area contributed by atoms with Crippen LogP contribution < -0.4 is 5.32 Å². The fraction of sp³-hybridized carbons (Fsp3) is 0.267. The Morgan fingerprint density at radius 3 is 2.95 bits per heavy atom. The third-order valence-corrected chi connectivity index (χ3v) is 5.03. The first-order valence-corrected chi connectivity index (χ1v) is 8.42. The van der Waals surface area contributed by atoms with E-state index >= 15 is 0 Å². The van der Waals surface area contributed by atoms with Gasteiger partial charge in [0.15, 0.2) is 0 Å². The van der Waals surface area contributed by atoms with Crippen LogP contribution in [0.2, 0.25) is 4.34 Å². The predicted octanol–water partition coefficient (Wildman–Crippen LogP) is 3.69. The lowest BCUT2D eigenvalue weighted by Crippen LogP contribution is -2.25. The number of hydrogen-bond acceptors (Lipinski definition) is 4. The molecule has 0 aliphatic heterocycles. The molecule has 0 aliphatic rings. The van der Waals surface area contributed by atoms with Crippen LogP contribution in [0.3, 0.4) is 0 Å². The topological polar surface area (TPSA) is 49.3 Å². The summed E-state index contributed by atoms with van der Waals surface area (Å²) in [5.41, 5.74) is 0.697. The molecule has 6 heteroatoms. The molecule has 1 unspecified atom stereocenters. The highest BCUT2D eigenvalue weighted by atomic mass is 35.5. The van der Waals surface area contributed by atoms with Crippen LogP contribution in [0.15, 0.2) is 23.6 Å². The van der Waals surface area contributed by atoms with Gasteiger partial charge in [0.1, 0.15) is 4.88 Å². The second-order valence-electron chi connectivity index (χ2n) is 4.28. The number of nitrogens with one attached hydrogen (secondary N) is 1. The Kier molecular flexibility index (Phi) is 5.83. The number of amides is 1. The molecular weight excluding hydrogens is 326 g/mol. The third kappa shape index (κ3) is 4.32. The number of aliphatic hydroxyl groups is 1. The Morgan fingerprint density at radius 1 is 1.48 bits per heavy atom. The summed E-state index contributed by atoms with van der Waals surface area (Å²) >= 11 is 8.72. The molecule has 0 radical (unpaired) electrons. The largest absolute Gasteiger partial charge is 0.395 e. The van der Waals surface area contributed by atoms with E-state index in [1.807, 2.05) is 30.5 Å². The lowest BCUT2D eigenvalue weighted by Gasteiger charge is -2.11. The van der Waals surface area contributed by atoms with Gasteiger partial charge in [0.2, 0.25) is 0 Å². The van der Waals surface area contributed by atoms with E-state index in [-0.39, 0.29) is 18.6 Å². The van der Waals surface area contributed by atoms with Gasteiger partial charge in [-0.1, -0.05) is 23.4 Å². The minimum atomic E-state index is -0.143. The molecule has 0 fully saturated rings. The van der Waals surface area contributed by atoms with Gasteiger partial charge in [-0.15, -0.1) is 22.7 Å². The fourth-order valence-electron chi connectivity index (χ4n) is 1.69. The molecule has 0 spiro atoms. The maximum Gasteiger partial charge on any atom is 0.263 e. The van der Waals surface area contributed by atoms with Crippen molar-refractivity contribution in [3.8, 4) is 11.8 Å². The number of thiophene rings is 2. The van der Waals surface area contributed by atoms with Gasteiger partial charge in [0.25, 0.3) is 5.91 Å². The van der Waals surface area contributed by atoms with Gasteiger partial charge < -0.3 is 10.4 Å².